The van der Waals surface area contributed by atoms with E-state index in [1.54, 1.807) is 30.3 Å². The van der Waals surface area contributed by atoms with Crippen LogP contribution in [0.1, 0.15) is 5.56 Å². The van der Waals surface area contributed by atoms with Crippen LogP contribution in [0.3, 0.4) is 0 Å². The van der Waals surface area contributed by atoms with Gasteiger partial charge in [-0.25, -0.2) is 0 Å². The number of benzene rings is 2. The fourth-order valence-electron chi connectivity index (χ4n) is 1.85. The van der Waals surface area contributed by atoms with Crippen molar-refractivity contribution < 1.29 is 18.0 Å². The largest absolute Gasteiger partial charge is 0.416 e. The van der Waals surface area contributed by atoms with Gasteiger partial charge in [-0.1, -0.05) is 18.2 Å². The number of hydrogen-bond donors (Lipinski definition) is 2. The summed E-state index contributed by atoms with van der Waals surface area (Å²) in [6.45, 7) is 0. The molecule has 1 amide bonds. The van der Waals surface area contributed by atoms with Gasteiger partial charge in [0.1, 0.15) is 11.6 Å². The summed E-state index contributed by atoms with van der Waals surface area (Å²) in [6.07, 6.45) is -3.33. The van der Waals surface area contributed by atoms with Crippen LogP contribution < -0.4 is 10.6 Å². The van der Waals surface area contributed by atoms with Crippen molar-refractivity contribution in [3.63, 3.8) is 0 Å². The molecule has 8 heteroatoms. The summed E-state index contributed by atoms with van der Waals surface area (Å²) in [5.74, 6) is -0.818. The van der Waals surface area contributed by atoms with E-state index in [0.29, 0.717) is 5.69 Å². The standard InChI is InChI=1S/C17H11BrF3N3O/c18-14-6-1-2-7-15(14)23-10-11(9-22)16(25)24-13-5-3-4-12(8-13)17(19,20)21/h1-8,10,23H,(H,24,25)/b11-10-. The third-order valence-electron chi connectivity index (χ3n) is 3.06. The Bertz CT molecular complexity index is 857. The van der Waals surface area contributed by atoms with Crippen LogP contribution >= 0.6 is 15.9 Å². The average molecular weight is 410 g/mol. The zero-order valence-corrected chi connectivity index (χ0v) is 14.1. The van der Waals surface area contributed by atoms with Crippen LogP contribution in [0.5, 0.6) is 0 Å². The molecule has 0 aliphatic heterocycles. The van der Waals surface area contributed by atoms with Crippen molar-refractivity contribution >= 4 is 33.2 Å². The summed E-state index contributed by atoms with van der Waals surface area (Å²) < 4.78 is 38.8. The highest BCUT2D eigenvalue weighted by atomic mass is 79.9. The molecular formula is C17H11BrF3N3O. The number of rotatable bonds is 4. The second-order valence-corrected chi connectivity index (χ2v) is 5.68. The first kappa shape index (κ1) is 18.5. The minimum Gasteiger partial charge on any atom is -0.359 e. The molecule has 2 aromatic rings. The van der Waals surface area contributed by atoms with Crippen molar-refractivity contribution in [1.29, 1.82) is 5.26 Å². The molecule has 0 saturated heterocycles. The topological polar surface area (TPSA) is 64.9 Å². The van der Waals surface area contributed by atoms with E-state index in [1.165, 1.54) is 18.3 Å². The maximum atomic E-state index is 12.7. The van der Waals surface area contributed by atoms with Gasteiger partial charge >= 0.3 is 6.18 Å². The van der Waals surface area contributed by atoms with Crippen LogP contribution in [0.25, 0.3) is 0 Å². The Hall–Kier alpha value is -2.79. The number of carbonyl (C=O) groups is 1. The molecular weight excluding hydrogens is 399 g/mol. The Labute approximate surface area is 150 Å². The normalized spacial score (nSPS) is 11.6. The van der Waals surface area contributed by atoms with Crippen LogP contribution in [-0.4, -0.2) is 5.91 Å². The Morgan fingerprint density at radius 2 is 1.88 bits per heavy atom. The molecule has 0 heterocycles. The monoisotopic (exact) mass is 409 g/mol. The molecule has 0 aromatic heterocycles. The van der Waals surface area contributed by atoms with Crippen LogP contribution in [0.2, 0.25) is 0 Å². The Kier molecular flexibility index (Phi) is 5.83. The van der Waals surface area contributed by atoms with Gasteiger partial charge in [0.25, 0.3) is 5.91 Å². The number of nitriles is 1. The first-order valence-electron chi connectivity index (χ1n) is 6.91. The van der Waals surface area contributed by atoms with Crippen molar-refractivity contribution in [3.8, 4) is 6.07 Å². The maximum absolute atomic E-state index is 12.7. The highest BCUT2D eigenvalue weighted by Crippen LogP contribution is 2.30. The first-order valence-corrected chi connectivity index (χ1v) is 7.70. The van der Waals surface area contributed by atoms with Crippen LogP contribution in [-0.2, 0) is 11.0 Å². The van der Waals surface area contributed by atoms with E-state index >= 15 is 0 Å². The Morgan fingerprint density at radius 3 is 2.52 bits per heavy atom. The molecule has 4 nitrogen and oxygen atoms in total. The van der Waals surface area contributed by atoms with Gasteiger partial charge in [-0.3, -0.25) is 4.79 Å². The summed E-state index contributed by atoms with van der Waals surface area (Å²) in [5, 5.41) is 14.2. The zero-order chi connectivity index (χ0) is 18.4. The molecule has 0 atom stereocenters. The second kappa shape index (κ2) is 7.85. The van der Waals surface area contributed by atoms with Crippen LogP contribution in [0.15, 0.2) is 64.8 Å². The predicted molar refractivity (Wildman–Crippen MR) is 91.5 cm³/mol. The lowest BCUT2D eigenvalue weighted by molar-refractivity contribution is -0.137. The lowest BCUT2D eigenvalue weighted by Gasteiger charge is -2.10. The highest BCUT2D eigenvalue weighted by molar-refractivity contribution is 9.10. The summed E-state index contributed by atoms with van der Waals surface area (Å²) in [5.41, 5.74) is -0.601. The molecule has 0 bridgehead atoms. The van der Waals surface area contributed by atoms with Crippen molar-refractivity contribution in [1.82, 2.24) is 0 Å². The Balaban J connectivity index is 2.14. The maximum Gasteiger partial charge on any atom is 0.416 e. The van der Waals surface area contributed by atoms with Gasteiger partial charge in [0.2, 0.25) is 0 Å². The molecule has 2 aromatic carbocycles. The number of para-hydroxylation sites is 1. The van der Waals surface area contributed by atoms with E-state index in [4.69, 9.17) is 5.26 Å². The fourth-order valence-corrected chi connectivity index (χ4v) is 2.25. The van der Waals surface area contributed by atoms with Gasteiger partial charge in [0.15, 0.2) is 0 Å². The molecule has 2 N–H and O–H groups in total. The van der Waals surface area contributed by atoms with Gasteiger partial charge in [-0.2, -0.15) is 18.4 Å². The summed E-state index contributed by atoms with van der Waals surface area (Å²) in [6, 6.07) is 12.9. The van der Waals surface area contributed by atoms with Gasteiger partial charge < -0.3 is 10.6 Å². The number of carbonyl (C=O) groups excluding carboxylic acids is 1. The van der Waals surface area contributed by atoms with E-state index in [2.05, 4.69) is 26.6 Å². The smallest absolute Gasteiger partial charge is 0.359 e. The number of anilines is 2. The molecule has 2 rings (SSSR count). The van der Waals surface area contributed by atoms with Gasteiger partial charge in [-0.05, 0) is 46.3 Å². The molecule has 0 aliphatic rings. The molecule has 0 spiro atoms. The number of amides is 1. The average Bonchev–Trinajstić information content (AvgIpc) is 2.56. The molecule has 0 radical (unpaired) electrons. The van der Waals surface area contributed by atoms with Crippen molar-refractivity contribution in [2.75, 3.05) is 10.6 Å². The molecule has 0 saturated carbocycles. The van der Waals surface area contributed by atoms with Crippen molar-refractivity contribution in [2.45, 2.75) is 6.18 Å². The predicted octanol–water partition coefficient (Wildman–Crippen LogP) is 4.93. The minimum absolute atomic E-state index is 0.0538. The van der Waals surface area contributed by atoms with Gasteiger partial charge in [0, 0.05) is 16.4 Å². The quantitative estimate of drug-likeness (QED) is 0.555. The van der Waals surface area contributed by atoms with E-state index < -0.39 is 17.6 Å². The molecule has 0 aliphatic carbocycles. The second-order valence-electron chi connectivity index (χ2n) is 4.83. The SMILES string of the molecule is N#C/C(=C/Nc1ccccc1Br)C(=O)Nc1cccc(C(F)(F)F)c1. The lowest BCUT2D eigenvalue weighted by atomic mass is 10.2. The van der Waals surface area contributed by atoms with E-state index in [0.717, 1.165) is 16.6 Å². The number of halogens is 4. The van der Waals surface area contributed by atoms with Crippen molar-refractivity contribution in [2.24, 2.45) is 0 Å². The van der Waals surface area contributed by atoms with E-state index in [-0.39, 0.29) is 11.3 Å². The number of nitrogens with one attached hydrogen (secondary N) is 2. The third-order valence-corrected chi connectivity index (χ3v) is 3.75. The number of hydrogen-bond acceptors (Lipinski definition) is 3. The Morgan fingerprint density at radius 1 is 1.16 bits per heavy atom. The van der Waals surface area contributed by atoms with Gasteiger partial charge in [-0.15, -0.1) is 0 Å². The molecule has 0 fully saturated rings. The summed E-state index contributed by atoms with van der Waals surface area (Å²) >= 11 is 3.30. The number of nitrogens with zero attached hydrogens (tertiary/aromatic N) is 1. The molecule has 0 unspecified atom stereocenters. The van der Waals surface area contributed by atoms with E-state index in [9.17, 15) is 18.0 Å². The van der Waals surface area contributed by atoms with Crippen LogP contribution in [0, 0.1) is 11.3 Å². The van der Waals surface area contributed by atoms with Crippen molar-refractivity contribution in [3.05, 3.63) is 70.3 Å². The lowest BCUT2D eigenvalue weighted by Crippen LogP contribution is -2.15. The van der Waals surface area contributed by atoms with Crippen LogP contribution in [0.4, 0.5) is 24.5 Å². The minimum atomic E-state index is -4.52. The number of alkyl halides is 3. The molecule has 25 heavy (non-hydrogen) atoms. The fraction of sp³-hybridized carbons (Fsp3) is 0.0588. The summed E-state index contributed by atoms with van der Waals surface area (Å²) in [4.78, 5) is 12.1. The first-order chi connectivity index (χ1) is 11.8. The summed E-state index contributed by atoms with van der Waals surface area (Å²) in [7, 11) is 0. The highest BCUT2D eigenvalue weighted by Gasteiger charge is 2.30. The van der Waals surface area contributed by atoms with Gasteiger partial charge in [0.05, 0.1) is 11.3 Å². The third kappa shape index (κ3) is 5.09. The van der Waals surface area contributed by atoms with E-state index in [1.807, 2.05) is 0 Å². The molecule has 128 valence electrons. The zero-order valence-electron chi connectivity index (χ0n) is 12.6.